The van der Waals surface area contributed by atoms with E-state index in [-0.39, 0.29) is 5.60 Å². The molecule has 134 valence electrons. The standard InChI is InChI=1S/C18H35N3O2/c1-5-19-16(20-14-18(22)10-6-7-11-18)21-12-8-15(9-13-21)23-17(2,3)4/h15,22H,5-14H2,1-4H3,(H,19,20). The molecule has 0 unspecified atom stereocenters. The van der Waals surface area contributed by atoms with Crippen molar-refractivity contribution in [1.82, 2.24) is 10.2 Å². The van der Waals surface area contributed by atoms with Gasteiger partial charge in [-0.15, -0.1) is 0 Å². The van der Waals surface area contributed by atoms with Gasteiger partial charge in [-0.1, -0.05) is 12.8 Å². The van der Waals surface area contributed by atoms with Crippen molar-refractivity contribution < 1.29 is 9.84 Å². The maximum absolute atomic E-state index is 10.5. The fourth-order valence-corrected chi connectivity index (χ4v) is 3.52. The highest BCUT2D eigenvalue weighted by molar-refractivity contribution is 5.80. The zero-order valence-electron chi connectivity index (χ0n) is 15.4. The fourth-order valence-electron chi connectivity index (χ4n) is 3.52. The van der Waals surface area contributed by atoms with E-state index in [0.29, 0.717) is 12.6 Å². The van der Waals surface area contributed by atoms with E-state index in [1.165, 1.54) is 0 Å². The molecule has 0 radical (unpaired) electrons. The maximum atomic E-state index is 10.5. The fraction of sp³-hybridized carbons (Fsp3) is 0.944. The van der Waals surface area contributed by atoms with Crippen molar-refractivity contribution in [2.75, 3.05) is 26.2 Å². The third kappa shape index (κ3) is 5.96. The van der Waals surface area contributed by atoms with Gasteiger partial charge in [0, 0.05) is 19.6 Å². The molecule has 0 bridgehead atoms. The lowest BCUT2D eigenvalue weighted by Crippen LogP contribution is -2.48. The summed E-state index contributed by atoms with van der Waals surface area (Å²) in [5, 5.41) is 13.9. The van der Waals surface area contributed by atoms with Gasteiger partial charge < -0.3 is 20.1 Å². The van der Waals surface area contributed by atoms with E-state index in [1.807, 2.05) is 0 Å². The smallest absolute Gasteiger partial charge is 0.194 e. The van der Waals surface area contributed by atoms with Gasteiger partial charge in [0.25, 0.3) is 0 Å². The first-order valence-corrected chi connectivity index (χ1v) is 9.25. The van der Waals surface area contributed by atoms with E-state index in [9.17, 15) is 5.11 Å². The van der Waals surface area contributed by atoms with Gasteiger partial charge in [0.2, 0.25) is 0 Å². The average molecular weight is 325 g/mol. The third-order valence-corrected chi connectivity index (χ3v) is 4.65. The second kappa shape index (κ2) is 7.84. The first kappa shape index (κ1) is 18.5. The molecule has 2 fully saturated rings. The predicted molar refractivity (Wildman–Crippen MR) is 94.8 cm³/mol. The van der Waals surface area contributed by atoms with Gasteiger partial charge in [0.05, 0.1) is 23.9 Å². The number of guanidine groups is 1. The van der Waals surface area contributed by atoms with Crippen LogP contribution in [0.1, 0.15) is 66.2 Å². The van der Waals surface area contributed by atoms with Crippen molar-refractivity contribution in [3.63, 3.8) is 0 Å². The van der Waals surface area contributed by atoms with Crippen LogP contribution in [0, 0.1) is 0 Å². The number of aliphatic imine (C=N–C) groups is 1. The topological polar surface area (TPSA) is 57.1 Å². The molecule has 0 aromatic carbocycles. The van der Waals surface area contributed by atoms with Crippen LogP contribution in [0.15, 0.2) is 4.99 Å². The number of ether oxygens (including phenoxy) is 1. The van der Waals surface area contributed by atoms with Gasteiger partial charge in [-0.3, -0.25) is 4.99 Å². The maximum Gasteiger partial charge on any atom is 0.194 e. The molecule has 2 N–H and O–H groups in total. The van der Waals surface area contributed by atoms with Crippen LogP contribution in [0.2, 0.25) is 0 Å². The summed E-state index contributed by atoms with van der Waals surface area (Å²) in [6.07, 6.45) is 6.43. The molecule has 23 heavy (non-hydrogen) atoms. The normalized spacial score (nSPS) is 23.3. The summed E-state index contributed by atoms with van der Waals surface area (Å²) in [5.41, 5.74) is -0.647. The molecule has 0 amide bonds. The zero-order valence-corrected chi connectivity index (χ0v) is 15.4. The number of nitrogens with zero attached hydrogens (tertiary/aromatic N) is 2. The molecule has 1 aliphatic heterocycles. The number of likely N-dealkylation sites (tertiary alicyclic amines) is 1. The number of rotatable bonds is 4. The molecule has 0 atom stereocenters. The molecule has 1 saturated heterocycles. The Morgan fingerprint density at radius 2 is 1.87 bits per heavy atom. The van der Waals surface area contributed by atoms with Crippen LogP contribution in [0.3, 0.4) is 0 Å². The molecule has 0 aromatic heterocycles. The molecule has 5 nitrogen and oxygen atoms in total. The van der Waals surface area contributed by atoms with Crippen molar-refractivity contribution in [2.45, 2.75) is 83.5 Å². The van der Waals surface area contributed by atoms with Crippen molar-refractivity contribution in [3.8, 4) is 0 Å². The molecule has 5 heteroatoms. The Bertz CT molecular complexity index is 390. The molecule has 2 aliphatic rings. The van der Waals surface area contributed by atoms with Crippen LogP contribution in [0.4, 0.5) is 0 Å². The first-order chi connectivity index (χ1) is 10.8. The number of hydrogen-bond acceptors (Lipinski definition) is 3. The minimum absolute atomic E-state index is 0.0723. The van der Waals surface area contributed by atoms with Crippen LogP contribution >= 0.6 is 0 Å². The summed E-state index contributed by atoms with van der Waals surface area (Å²) < 4.78 is 6.10. The van der Waals surface area contributed by atoms with E-state index >= 15 is 0 Å². The summed E-state index contributed by atoms with van der Waals surface area (Å²) in [5.74, 6) is 0.946. The SMILES string of the molecule is CCNC(=NCC1(O)CCCC1)N1CCC(OC(C)(C)C)CC1. The minimum atomic E-state index is -0.575. The van der Waals surface area contributed by atoms with Gasteiger partial charge in [-0.2, -0.15) is 0 Å². The predicted octanol–water partition coefficient (Wildman–Crippen LogP) is 2.54. The van der Waals surface area contributed by atoms with Crippen molar-refractivity contribution in [2.24, 2.45) is 4.99 Å². The quantitative estimate of drug-likeness (QED) is 0.616. The van der Waals surface area contributed by atoms with Crippen molar-refractivity contribution in [3.05, 3.63) is 0 Å². The number of hydrogen-bond donors (Lipinski definition) is 2. The van der Waals surface area contributed by atoms with Crippen LogP contribution in [0.25, 0.3) is 0 Å². The molecule has 0 aromatic rings. The molecule has 1 heterocycles. The summed E-state index contributed by atoms with van der Waals surface area (Å²) in [6, 6.07) is 0. The average Bonchev–Trinajstić information content (AvgIpc) is 2.90. The Balaban J connectivity index is 1.89. The first-order valence-electron chi connectivity index (χ1n) is 9.25. The molecule has 0 spiro atoms. The molecule has 1 aliphatic carbocycles. The molecular weight excluding hydrogens is 290 g/mol. The number of aliphatic hydroxyl groups is 1. The van der Waals surface area contributed by atoms with Gasteiger partial charge in [-0.25, -0.2) is 0 Å². The number of nitrogens with one attached hydrogen (secondary N) is 1. The summed E-state index contributed by atoms with van der Waals surface area (Å²) >= 11 is 0. The molecule has 1 saturated carbocycles. The summed E-state index contributed by atoms with van der Waals surface area (Å²) in [7, 11) is 0. The van der Waals surface area contributed by atoms with Gasteiger partial charge in [-0.05, 0) is 53.4 Å². The van der Waals surface area contributed by atoms with Crippen molar-refractivity contribution in [1.29, 1.82) is 0 Å². The lowest BCUT2D eigenvalue weighted by molar-refractivity contribution is -0.0773. The van der Waals surface area contributed by atoms with E-state index in [4.69, 9.17) is 9.73 Å². The molecule has 2 rings (SSSR count). The Hall–Kier alpha value is -0.810. The van der Waals surface area contributed by atoms with Crippen LogP contribution < -0.4 is 5.32 Å². The van der Waals surface area contributed by atoms with Gasteiger partial charge in [0.1, 0.15) is 0 Å². The van der Waals surface area contributed by atoms with Gasteiger partial charge >= 0.3 is 0 Å². The Morgan fingerprint density at radius 3 is 2.39 bits per heavy atom. The largest absolute Gasteiger partial charge is 0.388 e. The summed E-state index contributed by atoms with van der Waals surface area (Å²) in [6.45, 7) is 11.8. The van der Waals surface area contributed by atoms with Crippen molar-refractivity contribution >= 4 is 5.96 Å². The highest BCUT2D eigenvalue weighted by Gasteiger charge is 2.31. The number of piperidine rings is 1. The van der Waals surface area contributed by atoms with Gasteiger partial charge in [0.15, 0.2) is 5.96 Å². The van der Waals surface area contributed by atoms with Crippen LogP contribution in [-0.2, 0) is 4.74 Å². The van der Waals surface area contributed by atoms with Crippen LogP contribution in [-0.4, -0.2) is 59.5 Å². The van der Waals surface area contributed by atoms with E-state index in [0.717, 1.165) is 64.1 Å². The molecular formula is C18H35N3O2. The minimum Gasteiger partial charge on any atom is -0.388 e. The Morgan fingerprint density at radius 1 is 1.26 bits per heavy atom. The highest BCUT2D eigenvalue weighted by atomic mass is 16.5. The lowest BCUT2D eigenvalue weighted by Gasteiger charge is -2.37. The van der Waals surface area contributed by atoms with E-state index in [1.54, 1.807) is 0 Å². The van der Waals surface area contributed by atoms with Crippen LogP contribution in [0.5, 0.6) is 0 Å². The third-order valence-electron chi connectivity index (χ3n) is 4.65. The summed E-state index contributed by atoms with van der Waals surface area (Å²) in [4.78, 5) is 7.04. The second-order valence-corrected chi connectivity index (χ2v) is 8.02. The second-order valence-electron chi connectivity index (χ2n) is 8.02. The van der Waals surface area contributed by atoms with E-state index < -0.39 is 5.60 Å². The lowest BCUT2D eigenvalue weighted by atomic mass is 10.0. The Labute approximate surface area is 141 Å². The highest BCUT2D eigenvalue weighted by Crippen LogP contribution is 2.29. The zero-order chi connectivity index (χ0) is 16.9. The van der Waals surface area contributed by atoms with E-state index in [2.05, 4.69) is 37.9 Å². The Kier molecular flexibility index (Phi) is 6.32. The monoisotopic (exact) mass is 325 g/mol.